The summed E-state index contributed by atoms with van der Waals surface area (Å²) in [4.78, 5) is 28.8. The van der Waals surface area contributed by atoms with Gasteiger partial charge in [0.1, 0.15) is 5.69 Å². The van der Waals surface area contributed by atoms with Crippen LogP contribution in [0.1, 0.15) is 54.1 Å². The second-order valence-corrected chi connectivity index (χ2v) is 8.32. The SMILES string of the molecule is CCCN(C(=O)c1ccc(N2CCCC2)c([N+](=O)[O-])c1)C1CCc2ccccc2C1. The first-order chi connectivity index (χ1) is 14.6. The normalized spacial score (nSPS) is 18.2. The Morgan fingerprint density at radius 3 is 2.60 bits per heavy atom. The molecule has 0 saturated carbocycles. The first kappa shape index (κ1) is 20.4. The number of nitro benzene ring substituents is 1. The van der Waals surface area contributed by atoms with Crippen molar-refractivity contribution in [3.05, 3.63) is 69.3 Å². The fourth-order valence-electron chi connectivity index (χ4n) is 4.83. The maximum atomic E-state index is 13.4. The zero-order valence-electron chi connectivity index (χ0n) is 17.5. The summed E-state index contributed by atoms with van der Waals surface area (Å²) in [5.74, 6) is -0.0997. The highest BCUT2D eigenvalue weighted by Gasteiger charge is 2.30. The van der Waals surface area contributed by atoms with Crippen LogP contribution in [-0.2, 0) is 12.8 Å². The van der Waals surface area contributed by atoms with E-state index in [1.807, 2.05) is 15.9 Å². The summed E-state index contributed by atoms with van der Waals surface area (Å²) in [6, 6.07) is 13.6. The Balaban J connectivity index is 1.61. The van der Waals surface area contributed by atoms with Crippen LogP contribution in [0, 0.1) is 10.1 Å². The van der Waals surface area contributed by atoms with Crippen LogP contribution < -0.4 is 4.90 Å². The summed E-state index contributed by atoms with van der Waals surface area (Å²) in [7, 11) is 0. The lowest BCUT2D eigenvalue weighted by Gasteiger charge is -2.35. The average molecular weight is 408 g/mol. The number of fused-ring (bicyclic) bond motifs is 1. The Labute approximate surface area is 177 Å². The Morgan fingerprint density at radius 2 is 1.90 bits per heavy atom. The van der Waals surface area contributed by atoms with Crippen molar-refractivity contribution < 1.29 is 9.72 Å². The lowest BCUT2D eigenvalue weighted by atomic mass is 9.87. The van der Waals surface area contributed by atoms with E-state index in [9.17, 15) is 14.9 Å². The van der Waals surface area contributed by atoms with Gasteiger partial charge in [0.25, 0.3) is 11.6 Å². The number of nitrogens with zero attached hydrogens (tertiary/aromatic N) is 3. The van der Waals surface area contributed by atoms with Gasteiger partial charge >= 0.3 is 0 Å². The number of amides is 1. The third-order valence-electron chi connectivity index (χ3n) is 6.35. The Bertz CT molecular complexity index is 937. The maximum Gasteiger partial charge on any atom is 0.293 e. The molecule has 1 aliphatic heterocycles. The van der Waals surface area contributed by atoms with Gasteiger partial charge in [0.15, 0.2) is 0 Å². The van der Waals surface area contributed by atoms with Gasteiger partial charge in [0, 0.05) is 37.3 Å². The van der Waals surface area contributed by atoms with E-state index in [2.05, 4.69) is 25.1 Å². The molecule has 2 aliphatic rings. The number of hydrogen-bond acceptors (Lipinski definition) is 4. The van der Waals surface area contributed by atoms with E-state index in [0.29, 0.717) is 17.8 Å². The Kier molecular flexibility index (Phi) is 6.02. The van der Waals surface area contributed by atoms with Crippen molar-refractivity contribution in [3.8, 4) is 0 Å². The third kappa shape index (κ3) is 4.04. The van der Waals surface area contributed by atoms with Crippen molar-refractivity contribution >= 4 is 17.3 Å². The van der Waals surface area contributed by atoms with Crippen molar-refractivity contribution in [1.29, 1.82) is 0 Å². The van der Waals surface area contributed by atoms with Crippen LogP contribution >= 0.6 is 0 Å². The molecule has 1 aliphatic carbocycles. The molecular weight excluding hydrogens is 378 g/mol. The van der Waals surface area contributed by atoms with Gasteiger partial charge < -0.3 is 9.80 Å². The number of aryl methyl sites for hydroxylation is 1. The van der Waals surface area contributed by atoms with Crippen LogP contribution in [-0.4, -0.2) is 41.4 Å². The molecule has 1 heterocycles. The third-order valence-corrected chi connectivity index (χ3v) is 6.35. The molecule has 30 heavy (non-hydrogen) atoms. The van der Waals surface area contributed by atoms with Crippen LogP contribution in [0.4, 0.5) is 11.4 Å². The van der Waals surface area contributed by atoms with Crippen LogP contribution in [0.15, 0.2) is 42.5 Å². The molecule has 1 fully saturated rings. The first-order valence-electron chi connectivity index (χ1n) is 11.0. The van der Waals surface area contributed by atoms with Crippen LogP contribution in [0.3, 0.4) is 0 Å². The number of nitro groups is 1. The van der Waals surface area contributed by atoms with Crippen LogP contribution in [0.25, 0.3) is 0 Å². The predicted octanol–water partition coefficient (Wildman–Crippen LogP) is 4.60. The fraction of sp³-hybridized carbons (Fsp3) is 0.458. The lowest BCUT2D eigenvalue weighted by molar-refractivity contribution is -0.384. The number of anilines is 1. The fourth-order valence-corrected chi connectivity index (χ4v) is 4.83. The topological polar surface area (TPSA) is 66.7 Å². The van der Waals surface area contributed by atoms with E-state index in [0.717, 1.165) is 51.6 Å². The number of benzene rings is 2. The molecule has 0 radical (unpaired) electrons. The number of hydrogen-bond donors (Lipinski definition) is 0. The minimum Gasteiger partial charge on any atom is -0.366 e. The molecule has 0 spiro atoms. The highest BCUT2D eigenvalue weighted by atomic mass is 16.6. The van der Waals surface area contributed by atoms with Crippen molar-refractivity contribution in [1.82, 2.24) is 4.90 Å². The molecule has 0 N–H and O–H groups in total. The lowest BCUT2D eigenvalue weighted by Crippen LogP contribution is -2.44. The van der Waals surface area contributed by atoms with Crippen LogP contribution in [0.5, 0.6) is 0 Å². The highest BCUT2D eigenvalue weighted by molar-refractivity contribution is 5.96. The molecule has 1 unspecified atom stereocenters. The zero-order chi connectivity index (χ0) is 21.1. The summed E-state index contributed by atoms with van der Waals surface area (Å²) < 4.78 is 0. The van der Waals surface area contributed by atoms with E-state index >= 15 is 0 Å². The second-order valence-electron chi connectivity index (χ2n) is 8.32. The molecule has 4 rings (SSSR count). The van der Waals surface area contributed by atoms with Gasteiger partial charge in [-0.25, -0.2) is 0 Å². The number of carbonyl (C=O) groups is 1. The maximum absolute atomic E-state index is 13.4. The Hall–Kier alpha value is -2.89. The largest absolute Gasteiger partial charge is 0.366 e. The van der Waals surface area contributed by atoms with Gasteiger partial charge in [0.2, 0.25) is 0 Å². The molecule has 2 aromatic carbocycles. The van der Waals surface area contributed by atoms with Gasteiger partial charge in [-0.3, -0.25) is 14.9 Å². The smallest absolute Gasteiger partial charge is 0.293 e. The van der Waals surface area contributed by atoms with Crippen LogP contribution in [0.2, 0.25) is 0 Å². The van der Waals surface area contributed by atoms with E-state index in [1.165, 1.54) is 17.2 Å². The van der Waals surface area contributed by atoms with E-state index < -0.39 is 0 Å². The molecule has 158 valence electrons. The van der Waals surface area contributed by atoms with E-state index in [4.69, 9.17) is 0 Å². The Morgan fingerprint density at radius 1 is 1.17 bits per heavy atom. The molecular formula is C24H29N3O3. The van der Waals surface area contributed by atoms with Gasteiger partial charge in [-0.05, 0) is 61.8 Å². The standard InChI is InChI=1S/C24H29N3O3/c1-2-13-26(21-11-9-18-7-3-4-8-19(18)16-21)24(28)20-10-12-22(23(17-20)27(29)30)25-14-5-6-15-25/h3-4,7-8,10,12,17,21H,2,5-6,9,11,13-16H2,1H3. The van der Waals surface area contributed by atoms with Gasteiger partial charge in [-0.15, -0.1) is 0 Å². The summed E-state index contributed by atoms with van der Waals surface area (Å²) in [6.45, 7) is 4.39. The highest BCUT2D eigenvalue weighted by Crippen LogP contribution is 2.33. The molecule has 1 atom stereocenters. The molecule has 1 amide bonds. The van der Waals surface area contributed by atoms with Crippen molar-refractivity contribution in [2.24, 2.45) is 0 Å². The summed E-state index contributed by atoms with van der Waals surface area (Å²) in [5, 5.41) is 11.7. The minimum atomic E-state index is -0.356. The summed E-state index contributed by atoms with van der Waals surface area (Å²) in [6.07, 6.45) is 5.68. The van der Waals surface area contributed by atoms with Gasteiger partial charge in [-0.2, -0.15) is 0 Å². The van der Waals surface area contributed by atoms with E-state index in [1.54, 1.807) is 12.1 Å². The zero-order valence-corrected chi connectivity index (χ0v) is 17.5. The monoisotopic (exact) mass is 407 g/mol. The molecule has 0 bridgehead atoms. The molecule has 1 saturated heterocycles. The number of carbonyl (C=O) groups excluding carboxylic acids is 1. The van der Waals surface area contributed by atoms with Crippen molar-refractivity contribution in [3.63, 3.8) is 0 Å². The molecule has 6 nitrogen and oxygen atoms in total. The van der Waals surface area contributed by atoms with E-state index in [-0.39, 0.29) is 22.6 Å². The van der Waals surface area contributed by atoms with Gasteiger partial charge in [0.05, 0.1) is 4.92 Å². The average Bonchev–Trinajstić information content (AvgIpc) is 3.31. The minimum absolute atomic E-state index is 0.0354. The summed E-state index contributed by atoms with van der Waals surface area (Å²) >= 11 is 0. The predicted molar refractivity (Wildman–Crippen MR) is 118 cm³/mol. The molecule has 0 aromatic heterocycles. The van der Waals surface area contributed by atoms with Crippen molar-refractivity contribution in [2.75, 3.05) is 24.5 Å². The quantitative estimate of drug-likeness (QED) is 0.518. The molecule has 2 aromatic rings. The second kappa shape index (κ2) is 8.86. The van der Waals surface area contributed by atoms with Crippen molar-refractivity contribution in [2.45, 2.75) is 51.5 Å². The molecule has 6 heteroatoms. The number of rotatable bonds is 6. The van der Waals surface area contributed by atoms with Gasteiger partial charge in [-0.1, -0.05) is 31.2 Å². The summed E-state index contributed by atoms with van der Waals surface area (Å²) in [5.41, 5.74) is 3.74. The first-order valence-corrected chi connectivity index (χ1v) is 11.0.